The predicted octanol–water partition coefficient (Wildman–Crippen LogP) is 1.67. The van der Waals surface area contributed by atoms with Crippen LogP contribution in [0.4, 0.5) is 0 Å². The molecule has 0 fully saturated rings. The maximum absolute atomic E-state index is 11.6. The van der Waals surface area contributed by atoms with Crippen LogP contribution < -0.4 is 14.8 Å². The molecular formula is C16H23NO4. The van der Waals surface area contributed by atoms with E-state index in [4.69, 9.17) is 9.47 Å². The van der Waals surface area contributed by atoms with Gasteiger partial charge in [-0.2, -0.15) is 0 Å². The number of carbonyl (C=O) groups excluding carboxylic acids is 1. The third-order valence-corrected chi connectivity index (χ3v) is 3.19. The summed E-state index contributed by atoms with van der Waals surface area (Å²) in [6, 6.07) is 5.89. The summed E-state index contributed by atoms with van der Waals surface area (Å²) in [7, 11) is 0. The Hall–Kier alpha value is -1.75. The predicted molar refractivity (Wildman–Crippen MR) is 79.7 cm³/mol. The van der Waals surface area contributed by atoms with Crippen LogP contribution >= 0.6 is 0 Å². The summed E-state index contributed by atoms with van der Waals surface area (Å²) in [4.78, 5) is 11.6. The van der Waals surface area contributed by atoms with E-state index in [9.17, 15) is 9.90 Å². The summed E-state index contributed by atoms with van der Waals surface area (Å²) in [5.74, 6) is 1.54. The lowest BCUT2D eigenvalue weighted by molar-refractivity contribution is -0.122. The molecule has 0 atom stereocenters. The van der Waals surface area contributed by atoms with Gasteiger partial charge in [-0.1, -0.05) is 6.07 Å². The highest BCUT2D eigenvalue weighted by Crippen LogP contribution is 2.31. The summed E-state index contributed by atoms with van der Waals surface area (Å²) in [6.07, 6.45) is 2.02. The number of carbonyl (C=O) groups is 1. The van der Waals surface area contributed by atoms with Crippen LogP contribution in [-0.2, 0) is 11.2 Å². The number of hydrogen-bond donors (Lipinski definition) is 2. The molecule has 0 radical (unpaired) electrons. The fourth-order valence-corrected chi connectivity index (χ4v) is 2.10. The Morgan fingerprint density at radius 1 is 1.29 bits per heavy atom. The lowest BCUT2D eigenvalue weighted by Gasteiger charge is -2.19. The molecule has 1 heterocycles. The van der Waals surface area contributed by atoms with Gasteiger partial charge in [-0.15, -0.1) is 0 Å². The number of ether oxygens (including phenoxy) is 2. The maximum atomic E-state index is 11.6. The SMILES string of the molecule is CC(C)(O)CNC(=O)CCCc1ccc2c(c1)OCCO2. The average molecular weight is 293 g/mol. The molecular weight excluding hydrogens is 270 g/mol. The second kappa shape index (κ2) is 6.80. The largest absolute Gasteiger partial charge is 0.486 e. The Morgan fingerprint density at radius 2 is 2.00 bits per heavy atom. The van der Waals surface area contributed by atoms with Crippen LogP contribution in [0, 0.1) is 0 Å². The van der Waals surface area contributed by atoms with Crippen LogP contribution in [0.3, 0.4) is 0 Å². The second-order valence-electron chi connectivity index (χ2n) is 5.92. The molecule has 1 aromatic rings. The molecule has 0 saturated carbocycles. The van der Waals surface area contributed by atoms with Crippen LogP contribution in [0.15, 0.2) is 18.2 Å². The number of aliphatic hydroxyl groups is 1. The molecule has 1 amide bonds. The summed E-state index contributed by atoms with van der Waals surface area (Å²) >= 11 is 0. The zero-order valence-corrected chi connectivity index (χ0v) is 12.6. The van der Waals surface area contributed by atoms with Gasteiger partial charge < -0.3 is 19.9 Å². The first-order chi connectivity index (χ1) is 9.94. The minimum absolute atomic E-state index is 0.0327. The van der Waals surface area contributed by atoms with E-state index >= 15 is 0 Å². The molecule has 0 saturated heterocycles. The quantitative estimate of drug-likeness (QED) is 0.837. The molecule has 2 rings (SSSR count). The summed E-state index contributed by atoms with van der Waals surface area (Å²) in [6.45, 7) is 4.78. The number of hydrogen-bond acceptors (Lipinski definition) is 4. The molecule has 21 heavy (non-hydrogen) atoms. The van der Waals surface area contributed by atoms with Crippen molar-refractivity contribution in [3.05, 3.63) is 23.8 Å². The molecule has 0 spiro atoms. The van der Waals surface area contributed by atoms with E-state index in [1.165, 1.54) is 0 Å². The van der Waals surface area contributed by atoms with Crippen molar-refractivity contribution < 1.29 is 19.4 Å². The minimum Gasteiger partial charge on any atom is -0.486 e. The van der Waals surface area contributed by atoms with Gasteiger partial charge in [0.05, 0.1) is 5.60 Å². The summed E-state index contributed by atoms with van der Waals surface area (Å²) in [5.41, 5.74) is 0.264. The number of aryl methyl sites for hydroxylation is 1. The van der Waals surface area contributed by atoms with Crippen molar-refractivity contribution in [3.63, 3.8) is 0 Å². The molecule has 116 valence electrons. The highest BCUT2D eigenvalue weighted by molar-refractivity contribution is 5.75. The van der Waals surface area contributed by atoms with E-state index in [1.54, 1.807) is 13.8 Å². The van der Waals surface area contributed by atoms with E-state index in [1.807, 2.05) is 18.2 Å². The van der Waals surface area contributed by atoms with E-state index < -0.39 is 5.60 Å². The standard InChI is InChI=1S/C16H23NO4/c1-16(2,19)11-17-15(18)5-3-4-12-6-7-13-14(10-12)21-9-8-20-13/h6-7,10,19H,3-5,8-9,11H2,1-2H3,(H,17,18). The van der Waals surface area contributed by atoms with Crippen molar-refractivity contribution in [2.75, 3.05) is 19.8 Å². The number of benzene rings is 1. The summed E-state index contributed by atoms with van der Waals surface area (Å²) in [5, 5.41) is 12.3. The number of amides is 1. The fourth-order valence-electron chi connectivity index (χ4n) is 2.10. The van der Waals surface area contributed by atoms with Gasteiger partial charge in [0.15, 0.2) is 11.5 Å². The lowest BCUT2D eigenvalue weighted by Crippen LogP contribution is -2.38. The molecule has 1 aliphatic heterocycles. The van der Waals surface area contributed by atoms with Crippen LogP contribution in [0.2, 0.25) is 0 Å². The Labute approximate surface area is 125 Å². The van der Waals surface area contributed by atoms with Crippen molar-refractivity contribution >= 4 is 5.91 Å². The van der Waals surface area contributed by atoms with Crippen LogP contribution in [-0.4, -0.2) is 36.4 Å². The Bertz CT molecular complexity index is 494. The topological polar surface area (TPSA) is 67.8 Å². The van der Waals surface area contributed by atoms with Gasteiger partial charge in [-0.25, -0.2) is 0 Å². The van der Waals surface area contributed by atoms with E-state index in [0.29, 0.717) is 19.6 Å². The molecule has 0 aromatic heterocycles. The number of fused-ring (bicyclic) bond motifs is 1. The first kappa shape index (κ1) is 15.6. The molecule has 0 aliphatic carbocycles. The van der Waals surface area contributed by atoms with Crippen molar-refractivity contribution in [3.8, 4) is 11.5 Å². The average Bonchev–Trinajstić information content (AvgIpc) is 2.44. The Morgan fingerprint density at radius 3 is 2.71 bits per heavy atom. The number of nitrogens with one attached hydrogen (secondary N) is 1. The maximum Gasteiger partial charge on any atom is 0.220 e. The molecule has 0 unspecified atom stereocenters. The van der Waals surface area contributed by atoms with Gasteiger partial charge in [0.1, 0.15) is 13.2 Å². The normalized spacial score (nSPS) is 13.9. The summed E-state index contributed by atoms with van der Waals surface area (Å²) < 4.78 is 11.0. The zero-order valence-electron chi connectivity index (χ0n) is 12.6. The molecule has 5 heteroatoms. The van der Waals surface area contributed by atoms with E-state index in [2.05, 4.69) is 5.32 Å². The van der Waals surface area contributed by atoms with Gasteiger partial charge in [0, 0.05) is 13.0 Å². The third-order valence-electron chi connectivity index (χ3n) is 3.19. The van der Waals surface area contributed by atoms with Crippen molar-refractivity contribution in [2.24, 2.45) is 0 Å². The van der Waals surface area contributed by atoms with E-state index in [0.717, 1.165) is 29.9 Å². The third kappa shape index (κ3) is 5.27. The van der Waals surface area contributed by atoms with Crippen LogP contribution in [0.5, 0.6) is 11.5 Å². The van der Waals surface area contributed by atoms with Crippen molar-refractivity contribution in [1.82, 2.24) is 5.32 Å². The van der Waals surface area contributed by atoms with E-state index in [-0.39, 0.29) is 12.5 Å². The van der Waals surface area contributed by atoms with Gasteiger partial charge >= 0.3 is 0 Å². The van der Waals surface area contributed by atoms with Gasteiger partial charge in [-0.05, 0) is 44.4 Å². The Kier molecular flexibility index (Phi) is 5.07. The molecule has 1 aliphatic rings. The number of rotatable bonds is 6. The smallest absolute Gasteiger partial charge is 0.220 e. The van der Waals surface area contributed by atoms with Gasteiger partial charge in [0.2, 0.25) is 5.91 Å². The molecule has 5 nitrogen and oxygen atoms in total. The van der Waals surface area contributed by atoms with Gasteiger partial charge in [-0.3, -0.25) is 4.79 Å². The van der Waals surface area contributed by atoms with Crippen LogP contribution in [0.25, 0.3) is 0 Å². The first-order valence-corrected chi connectivity index (χ1v) is 7.32. The zero-order chi connectivity index (χ0) is 15.3. The molecule has 1 aromatic carbocycles. The molecule has 0 bridgehead atoms. The highest BCUT2D eigenvalue weighted by Gasteiger charge is 2.14. The lowest BCUT2D eigenvalue weighted by atomic mass is 10.1. The minimum atomic E-state index is -0.870. The fraction of sp³-hybridized carbons (Fsp3) is 0.562. The first-order valence-electron chi connectivity index (χ1n) is 7.32. The monoisotopic (exact) mass is 293 g/mol. The molecule has 2 N–H and O–H groups in total. The Balaban J connectivity index is 1.74. The van der Waals surface area contributed by atoms with Gasteiger partial charge in [0.25, 0.3) is 0 Å². The van der Waals surface area contributed by atoms with Crippen molar-refractivity contribution in [2.45, 2.75) is 38.7 Å². The highest BCUT2D eigenvalue weighted by atomic mass is 16.6. The second-order valence-corrected chi connectivity index (χ2v) is 5.92. The van der Waals surface area contributed by atoms with Crippen LogP contribution in [0.1, 0.15) is 32.3 Å². The van der Waals surface area contributed by atoms with Crippen molar-refractivity contribution in [1.29, 1.82) is 0 Å².